The first-order chi connectivity index (χ1) is 13.6. The summed E-state index contributed by atoms with van der Waals surface area (Å²) in [6.07, 6.45) is -5.33. The number of nitrogens with one attached hydrogen (secondary N) is 2. The number of amides is 4. The molecular weight excluding hydrogens is 394 g/mol. The molecule has 2 N–H and O–H groups in total. The van der Waals surface area contributed by atoms with E-state index in [4.69, 9.17) is 0 Å². The third-order valence-corrected chi connectivity index (χ3v) is 4.55. The second kappa shape index (κ2) is 7.19. The molecule has 2 aromatic rings. The molecule has 1 aliphatic rings. The molecule has 0 saturated carbocycles. The summed E-state index contributed by atoms with van der Waals surface area (Å²) in [5, 5.41) is 3.15. The normalized spacial score (nSPS) is 20.4. The summed E-state index contributed by atoms with van der Waals surface area (Å²) in [7, 11) is 0. The van der Waals surface area contributed by atoms with Crippen molar-refractivity contribution in [3.05, 3.63) is 71.5 Å². The highest BCUT2D eigenvalue weighted by Crippen LogP contribution is 2.37. The van der Waals surface area contributed by atoms with Gasteiger partial charge in [-0.2, -0.15) is 13.2 Å². The van der Waals surface area contributed by atoms with Crippen LogP contribution in [0.15, 0.2) is 54.6 Å². The number of hydrogen-bond acceptors (Lipinski definition) is 3. The molecule has 4 amide bonds. The van der Waals surface area contributed by atoms with Gasteiger partial charge in [-0.05, 0) is 36.8 Å². The number of halogens is 4. The molecule has 2 unspecified atom stereocenters. The van der Waals surface area contributed by atoms with Gasteiger partial charge in [-0.15, -0.1) is 0 Å². The van der Waals surface area contributed by atoms with E-state index >= 15 is 0 Å². The van der Waals surface area contributed by atoms with Crippen molar-refractivity contribution in [3.8, 4) is 0 Å². The molecule has 0 aromatic heterocycles. The highest BCUT2D eigenvalue weighted by atomic mass is 19.4. The second-order valence-corrected chi connectivity index (χ2v) is 6.40. The minimum Gasteiger partial charge on any atom is -0.314 e. The summed E-state index contributed by atoms with van der Waals surface area (Å²) in [5.74, 6) is -3.66. The van der Waals surface area contributed by atoms with Crippen LogP contribution in [-0.4, -0.2) is 34.6 Å². The maximum atomic E-state index is 13.9. The molecule has 152 valence electrons. The lowest BCUT2D eigenvalue weighted by Crippen LogP contribution is -2.69. The van der Waals surface area contributed by atoms with E-state index in [9.17, 15) is 31.9 Å². The van der Waals surface area contributed by atoms with Crippen molar-refractivity contribution in [2.45, 2.75) is 24.8 Å². The van der Waals surface area contributed by atoms with Gasteiger partial charge >= 0.3 is 12.2 Å². The number of alkyl halides is 3. The Morgan fingerprint density at radius 1 is 1.07 bits per heavy atom. The van der Waals surface area contributed by atoms with Gasteiger partial charge in [-0.25, -0.2) is 9.18 Å². The quantitative estimate of drug-likeness (QED) is 0.602. The third-order valence-electron chi connectivity index (χ3n) is 4.55. The van der Waals surface area contributed by atoms with Gasteiger partial charge in [0.1, 0.15) is 5.82 Å². The van der Waals surface area contributed by atoms with Gasteiger partial charge in [-0.3, -0.25) is 19.8 Å². The summed E-state index contributed by atoms with van der Waals surface area (Å²) in [4.78, 5) is 37.8. The molecule has 2 atom stereocenters. The molecule has 0 bridgehead atoms. The number of nitrogens with zero attached hydrogens (tertiary/aromatic N) is 1. The molecule has 0 spiro atoms. The lowest BCUT2D eigenvalue weighted by molar-refractivity contribution is -0.200. The van der Waals surface area contributed by atoms with Crippen LogP contribution in [0.25, 0.3) is 0 Å². The minimum atomic E-state index is -5.33. The number of benzene rings is 2. The lowest BCUT2D eigenvalue weighted by atomic mass is 10.0. The molecule has 1 fully saturated rings. The van der Waals surface area contributed by atoms with Gasteiger partial charge in [0.25, 0.3) is 17.5 Å². The maximum absolute atomic E-state index is 13.9. The van der Waals surface area contributed by atoms with Crippen LogP contribution < -0.4 is 10.6 Å². The first-order valence-electron chi connectivity index (χ1n) is 8.42. The standard InChI is InChI=1S/C19H15F4N3O3/c1-11(12-5-3-2-4-6-12)26-16(28)18(19(21,22)23,25-17(26)29)24-15(27)13-7-9-14(20)10-8-13/h2-11H,1H3,(H,24,27)(H,25,29). The molecule has 10 heteroatoms. The van der Waals surface area contributed by atoms with Crippen LogP contribution in [0.2, 0.25) is 0 Å². The fourth-order valence-corrected chi connectivity index (χ4v) is 2.97. The van der Waals surface area contributed by atoms with Gasteiger partial charge in [0, 0.05) is 5.56 Å². The zero-order valence-corrected chi connectivity index (χ0v) is 15.0. The van der Waals surface area contributed by atoms with E-state index in [0.29, 0.717) is 10.5 Å². The van der Waals surface area contributed by atoms with Crippen LogP contribution in [0.1, 0.15) is 28.9 Å². The number of urea groups is 1. The Bertz CT molecular complexity index is 947. The largest absolute Gasteiger partial charge is 0.440 e. The highest BCUT2D eigenvalue weighted by molar-refractivity contribution is 6.10. The van der Waals surface area contributed by atoms with Crippen LogP contribution >= 0.6 is 0 Å². The third kappa shape index (κ3) is 3.53. The van der Waals surface area contributed by atoms with Crippen molar-refractivity contribution in [2.75, 3.05) is 0 Å². The summed E-state index contributed by atoms with van der Waals surface area (Å²) in [6, 6.07) is 9.35. The van der Waals surface area contributed by atoms with Gasteiger partial charge in [0.05, 0.1) is 6.04 Å². The minimum absolute atomic E-state index is 0.313. The maximum Gasteiger partial charge on any atom is 0.440 e. The molecule has 1 heterocycles. The van der Waals surface area contributed by atoms with Crippen molar-refractivity contribution < 1.29 is 31.9 Å². The molecule has 0 radical (unpaired) electrons. The summed E-state index contributed by atoms with van der Waals surface area (Å²) in [5.41, 5.74) is -3.52. The van der Waals surface area contributed by atoms with Gasteiger partial charge in [0.15, 0.2) is 0 Å². The Morgan fingerprint density at radius 2 is 1.66 bits per heavy atom. The predicted molar refractivity (Wildman–Crippen MR) is 92.9 cm³/mol. The van der Waals surface area contributed by atoms with E-state index in [0.717, 1.165) is 24.3 Å². The predicted octanol–water partition coefficient (Wildman–Crippen LogP) is 3.13. The topological polar surface area (TPSA) is 78.5 Å². The number of rotatable bonds is 4. The van der Waals surface area contributed by atoms with Crippen LogP contribution in [0, 0.1) is 5.82 Å². The van der Waals surface area contributed by atoms with E-state index < -0.39 is 41.5 Å². The zero-order chi connectivity index (χ0) is 21.4. The van der Waals surface area contributed by atoms with Crippen LogP contribution in [-0.2, 0) is 4.79 Å². The van der Waals surface area contributed by atoms with Crippen LogP contribution in [0.3, 0.4) is 0 Å². The van der Waals surface area contributed by atoms with Crippen molar-refractivity contribution in [1.29, 1.82) is 0 Å². The molecule has 6 nitrogen and oxygen atoms in total. The van der Waals surface area contributed by atoms with E-state index in [1.807, 2.05) is 0 Å². The molecule has 29 heavy (non-hydrogen) atoms. The molecule has 1 aliphatic heterocycles. The fourth-order valence-electron chi connectivity index (χ4n) is 2.97. The van der Waals surface area contributed by atoms with Crippen molar-refractivity contribution >= 4 is 17.8 Å². The van der Waals surface area contributed by atoms with E-state index in [2.05, 4.69) is 0 Å². The van der Waals surface area contributed by atoms with Crippen molar-refractivity contribution in [1.82, 2.24) is 15.5 Å². The fraction of sp³-hybridized carbons (Fsp3) is 0.211. The molecule has 3 rings (SSSR count). The Morgan fingerprint density at radius 3 is 2.21 bits per heavy atom. The SMILES string of the molecule is CC(c1ccccc1)N1C(=O)NC(NC(=O)c2ccc(F)cc2)(C(F)(F)F)C1=O. The average Bonchev–Trinajstić information content (AvgIpc) is 2.93. The summed E-state index contributed by atoms with van der Waals surface area (Å²) in [6.45, 7) is 1.39. The first-order valence-corrected chi connectivity index (χ1v) is 8.42. The number of imide groups is 1. The van der Waals surface area contributed by atoms with Gasteiger partial charge < -0.3 is 5.32 Å². The highest BCUT2D eigenvalue weighted by Gasteiger charge is 2.69. The Kier molecular flexibility index (Phi) is 5.04. The molecule has 0 aliphatic carbocycles. The number of carbonyl (C=O) groups is 3. The zero-order valence-electron chi connectivity index (χ0n) is 15.0. The summed E-state index contributed by atoms with van der Waals surface area (Å²) >= 11 is 0. The van der Waals surface area contributed by atoms with E-state index in [1.54, 1.807) is 41.0 Å². The Labute approximate surface area is 162 Å². The van der Waals surface area contributed by atoms with Crippen LogP contribution in [0.4, 0.5) is 22.4 Å². The Hall–Kier alpha value is -3.43. The van der Waals surface area contributed by atoms with Crippen molar-refractivity contribution in [2.24, 2.45) is 0 Å². The monoisotopic (exact) mass is 409 g/mol. The number of carbonyl (C=O) groups excluding carboxylic acids is 3. The van der Waals surface area contributed by atoms with Crippen molar-refractivity contribution in [3.63, 3.8) is 0 Å². The van der Waals surface area contributed by atoms with Gasteiger partial charge in [-0.1, -0.05) is 30.3 Å². The first kappa shape index (κ1) is 20.3. The molecule has 2 aromatic carbocycles. The molecule has 1 saturated heterocycles. The lowest BCUT2D eigenvalue weighted by Gasteiger charge is -2.30. The van der Waals surface area contributed by atoms with Gasteiger partial charge in [0.2, 0.25) is 0 Å². The van der Waals surface area contributed by atoms with E-state index in [-0.39, 0.29) is 5.56 Å². The molecular formula is C19H15F4N3O3. The Balaban J connectivity index is 1.96. The second-order valence-electron chi connectivity index (χ2n) is 6.40. The number of hydrogen-bond donors (Lipinski definition) is 2. The average molecular weight is 409 g/mol. The van der Waals surface area contributed by atoms with E-state index in [1.165, 1.54) is 6.92 Å². The van der Waals surface area contributed by atoms with Crippen LogP contribution in [0.5, 0.6) is 0 Å². The smallest absolute Gasteiger partial charge is 0.314 e. The summed E-state index contributed by atoms with van der Waals surface area (Å²) < 4.78 is 54.7.